The Bertz CT molecular complexity index is 320. The number of aliphatic hydroxyl groups is 1. The van der Waals surface area contributed by atoms with Crippen LogP contribution >= 0.6 is 11.6 Å². The molecule has 1 aromatic carbocycles. The molecule has 0 saturated carbocycles. The number of hydrogen-bond acceptors (Lipinski definition) is 1. The van der Waals surface area contributed by atoms with Crippen LogP contribution in [0.5, 0.6) is 0 Å². The minimum atomic E-state index is -4.40. The molecule has 1 rings (SSSR count). The maximum atomic E-state index is 12.3. The second kappa shape index (κ2) is 4.41. The van der Waals surface area contributed by atoms with Gasteiger partial charge >= 0.3 is 6.18 Å². The molecule has 1 N–H and O–H groups in total. The van der Waals surface area contributed by atoms with Gasteiger partial charge in [-0.25, -0.2) is 0 Å². The summed E-state index contributed by atoms with van der Waals surface area (Å²) in [6.07, 6.45) is -5.96. The van der Waals surface area contributed by atoms with E-state index in [-0.39, 0.29) is 5.56 Å². The number of alkyl halides is 3. The van der Waals surface area contributed by atoms with Gasteiger partial charge in [0.05, 0.1) is 12.0 Å². The molecule has 5 heteroatoms. The number of hydrogen-bond donors (Lipinski definition) is 1. The van der Waals surface area contributed by atoms with E-state index in [0.717, 1.165) is 6.92 Å². The van der Waals surface area contributed by atoms with Crippen molar-refractivity contribution in [3.05, 3.63) is 34.9 Å². The van der Waals surface area contributed by atoms with E-state index in [9.17, 15) is 18.3 Å². The molecule has 0 aliphatic rings. The number of rotatable bonds is 2. The van der Waals surface area contributed by atoms with Crippen molar-refractivity contribution in [3.8, 4) is 0 Å². The molecule has 0 aliphatic carbocycles. The van der Waals surface area contributed by atoms with Crippen molar-refractivity contribution in [1.29, 1.82) is 0 Å². The Balaban J connectivity index is 2.85. The van der Waals surface area contributed by atoms with Gasteiger partial charge in [-0.2, -0.15) is 13.2 Å². The van der Waals surface area contributed by atoms with E-state index in [1.807, 2.05) is 0 Å². The van der Waals surface area contributed by atoms with E-state index in [1.54, 1.807) is 0 Å². The van der Waals surface area contributed by atoms with Crippen molar-refractivity contribution < 1.29 is 18.3 Å². The van der Waals surface area contributed by atoms with Crippen LogP contribution in [0, 0.1) is 5.92 Å². The lowest BCUT2D eigenvalue weighted by Crippen LogP contribution is -2.26. The molecule has 0 radical (unpaired) electrons. The SMILES string of the molecule is C[C@H]([C@H](O)c1ccc(Cl)cc1)C(F)(F)F. The lowest BCUT2D eigenvalue weighted by Gasteiger charge is -2.21. The minimum Gasteiger partial charge on any atom is -0.388 e. The molecule has 0 aromatic heterocycles. The van der Waals surface area contributed by atoms with Gasteiger partial charge in [0.1, 0.15) is 0 Å². The van der Waals surface area contributed by atoms with Gasteiger partial charge in [0.25, 0.3) is 0 Å². The average Bonchev–Trinajstić information content (AvgIpc) is 2.15. The molecule has 0 unspecified atom stereocenters. The highest BCUT2D eigenvalue weighted by atomic mass is 35.5. The highest BCUT2D eigenvalue weighted by Crippen LogP contribution is 2.35. The number of aliphatic hydroxyl groups excluding tert-OH is 1. The zero-order valence-electron chi connectivity index (χ0n) is 7.92. The van der Waals surface area contributed by atoms with Gasteiger partial charge in [0.15, 0.2) is 0 Å². The molecule has 2 atom stereocenters. The largest absolute Gasteiger partial charge is 0.394 e. The van der Waals surface area contributed by atoms with Gasteiger partial charge < -0.3 is 5.11 Å². The van der Waals surface area contributed by atoms with Gasteiger partial charge in [-0.05, 0) is 17.7 Å². The average molecular weight is 239 g/mol. The molecule has 15 heavy (non-hydrogen) atoms. The van der Waals surface area contributed by atoms with Crippen LogP contribution in [-0.2, 0) is 0 Å². The van der Waals surface area contributed by atoms with E-state index in [2.05, 4.69) is 0 Å². The molecule has 0 saturated heterocycles. The van der Waals surface area contributed by atoms with E-state index in [1.165, 1.54) is 24.3 Å². The molecule has 0 spiro atoms. The fraction of sp³-hybridized carbons (Fsp3) is 0.400. The molecule has 84 valence electrons. The van der Waals surface area contributed by atoms with Gasteiger partial charge in [0.2, 0.25) is 0 Å². The van der Waals surface area contributed by atoms with Crippen LogP contribution in [0.2, 0.25) is 5.02 Å². The summed E-state index contributed by atoms with van der Waals surface area (Å²) in [6.45, 7) is 0.944. The Morgan fingerprint density at radius 1 is 1.20 bits per heavy atom. The summed E-state index contributed by atoms with van der Waals surface area (Å²) in [7, 11) is 0. The fourth-order valence-corrected chi connectivity index (χ4v) is 1.25. The van der Waals surface area contributed by atoms with Crippen molar-refractivity contribution in [2.45, 2.75) is 19.2 Å². The maximum Gasteiger partial charge on any atom is 0.394 e. The Morgan fingerprint density at radius 2 is 1.67 bits per heavy atom. The second-order valence-corrected chi connectivity index (χ2v) is 3.76. The smallest absolute Gasteiger partial charge is 0.388 e. The summed E-state index contributed by atoms with van der Waals surface area (Å²) in [5, 5.41) is 9.87. The van der Waals surface area contributed by atoms with Crippen LogP contribution in [0.4, 0.5) is 13.2 Å². The minimum absolute atomic E-state index is 0.212. The van der Waals surface area contributed by atoms with Crippen LogP contribution in [0.3, 0.4) is 0 Å². The lowest BCUT2D eigenvalue weighted by molar-refractivity contribution is -0.195. The Labute approximate surface area is 90.5 Å². The third kappa shape index (κ3) is 3.11. The Kier molecular flexibility index (Phi) is 3.62. The summed E-state index contributed by atoms with van der Waals surface area (Å²) in [6, 6.07) is 5.66. The molecular formula is C10H10ClF3O. The molecular weight excluding hydrogens is 229 g/mol. The summed E-state index contributed by atoms with van der Waals surface area (Å²) < 4.78 is 36.8. The summed E-state index contributed by atoms with van der Waals surface area (Å²) >= 11 is 5.58. The molecule has 1 aromatic rings. The van der Waals surface area contributed by atoms with E-state index >= 15 is 0 Å². The Morgan fingerprint density at radius 3 is 2.07 bits per heavy atom. The van der Waals surface area contributed by atoms with Crippen LogP contribution < -0.4 is 0 Å². The highest BCUT2D eigenvalue weighted by molar-refractivity contribution is 6.30. The molecule has 0 bridgehead atoms. The monoisotopic (exact) mass is 238 g/mol. The van der Waals surface area contributed by atoms with Crippen molar-refractivity contribution in [2.75, 3.05) is 0 Å². The second-order valence-electron chi connectivity index (χ2n) is 3.33. The third-order valence-corrected chi connectivity index (χ3v) is 2.45. The van der Waals surface area contributed by atoms with Crippen molar-refractivity contribution in [1.82, 2.24) is 0 Å². The van der Waals surface area contributed by atoms with Crippen molar-refractivity contribution in [3.63, 3.8) is 0 Å². The van der Waals surface area contributed by atoms with Gasteiger partial charge in [-0.3, -0.25) is 0 Å². The molecule has 1 nitrogen and oxygen atoms in total. The predicted molar refractivity (Wildman–Crippen MR) is 51.6 cm³/mol. The van der Waals surface area contributed by atoms with Gasteiger partial charge in [0, 0.05) is 5.02 Å². The van der Waals surface area contributed by atoms with Crippen LogP contribution in [0.15, 0.2) is 24.3 Å². The van der Waals surface area contributed by atoms with Gasteiger partial charge in [-0.1, -0.05) is 30.7 Å². The normalized spacial score (nSPS) is 16.1. The standard InChI is InChI=1S/C10H10ClF3O/c1-6(10(12,13)14)9(15)7-2-4-8(11)5-3-7/h2-6,9,15H,1H3/t6-,9+/m1/s1. The number of halogens is 4. The van der Waals surface area contributed by atoms with E-state index < -0.39 is 18.2 Å². The van der Waals surface area contributed by atoms with E-state index in [4.69, 9.17) is 11.6 Å². The first-order valence-electron chi connectivity index (χ1n) is 4.32. The van der Waals surface area contributed by atoms with Crippen molar-refractivity contribution >= 4 is 11.6 Å². The Hall–Kier alpha value is -0.740. The van der Waals surface area contributed by atoms with Crippen LogP contribution in [0.1, 0.15) is 18.6 Å². The first-order valence-corrected chi connectivity index (χ1v) is 4.70. The van der Waals surface area contributed by atoms with E-state index in [0.29, 0.717) is 5.02 Å². The fourth-order valence-electron chi connectivity index (χ4n) is 1.13. The van der Waals surface area contributed by atoms with Crippen molar-refractivity contribution in [2.24, 2.45) is 5.92 Å². The topological polar surface area (TPSA) is 20.2 Å². The maximum absolute atomic E-state index is 12.3. The van der Waals surface area contributed by atoms with Gasteiger partial charge in [-0.15, -0.1) is 0 Å². The summed E-state index contributed by atoms with van der Waals surface area (Å²) in [5.41, 5.74) is 0.212. The molecule has 0 fully saturated rings. The molecule has 0 amide bonds. The predicted octanol–water partition coefficient (Wildman–Crippen LogP) is 3.57. The quantitative estimate of drug-likeness (QED) is 0.835. The van der Waals surface area contributed by atoms with Crippen LogP contribution in [0.25, 0.3) is 0 Å². The first kappa shape index (κ1) is 12.3. The third-order valence-electron chi connectivity index (χ3n) is 2.20. The highest BCUT2D eigenvalue weighted by Gasteiger charge is 2.41. The van der Waals surface area contributed by atoms with Crippen LogP contribution in [-0.4, -0.2) is 11.3 Å². The summed E-state index contributed by atoms with van der Waals surface area (Å²) in [4.78, 5) is 0. The molecule has 0 aliphatic heterocycles. The first-order chi connectivity index (χ1) is 6.82. The zero-order valence-corrected chi connectivity index (χ0v) is 8.68. The zero-order chi connectivity index (χ0) is 11.6. The number of benzene rings is 1. The summed E-state index contributed by atoms with van der Waals surface area (Å²) in [5.74, 6) is -1.79. The molecule has 0 heterocycles. The lowest BCUT2D eigenvalue weighted by atomic mass is 9.97.